The largest absolute Gasteiger partial charge is 0.325 e. The molecule has 0 spiro atoms. The van der Waals surface area contributed by atoms with E-state index in [1.165, 1.54) is 17.3 Å². The molecule has 0 fully saturated rings. The molecule has 6 nitrogen and oxygen atoms in total. The van der Waals surface area contributed by atoms with Gasteiger partial charge in [0.1, 0.15) is 0 Å². The lowest BCUT2D eigenvalue weighted by atomic mass is 10.0. The van der Waals surface area contributed by atoms with E-state index in [-0.39, 0.29) is 11.7 Å². The molecule has 0 aliphatic heterocycles. The highest BCUT2D eigenvalue weighted by Gasteiger charge is 2.13. The number of nitrogens with zero attached hydrogens (tertiary/aromatic N) is 4. The molecule has 1 heterocycles. The van der Waals surface area contributed by atoms with E-state index in [9.17, 15) is 4.79 Å². The van der Waals surface area contributed by atoms with Gasteiger partial charge >= 0.3 is 0 Å². The summed E-state index contributed by atoms with van der Waals surface area (Å²) in [6.07, 6.45) is 0. The predicted molar refractivity (Wildman–Crippen MR) is 109 cm³/mol. The summed E-state index contributed by atoms with van der Waals surface area (Å²) >= 11 is 7.37. The van der Waals surface area contributed by atoms with Gasteiger partial charge in [-0.1, -0.05) is 55.4 Å². The van der Waals surface area contributed by atoms with Crippen LogP contribution in [-0.4, -0.2) is 31.9 Å². The van der Waals surface area contributed by atoms with Crippen LogP contribution < -0.4 is 5.32 Å². The minimum atomic E-state index is -0.143. The highest BCUT2D eigenvalue weighted by molar-refractivity contribution is 7.99. The van der Waals surface area contributed by atoms with Crippen molar-refractivity contribution in [3.05, 3.63) is 58.6 Å². The number of amides is 1. The van der Waals surface area contributed by atoms with E-state index in [4.69, 9.17) is 11.6 Å². The Balaban J connectivity index is 1.66. The zero-order valence-electron chi connectivity index (χ0n) is 15.3. The zero-order chi connectivity index (χ0) is 19.4. The number of tetrazole rings is 1. The van der Waals surface area contributed by atoms with Gasteiger partial charge in [-0.15, -0.1) is 5.10 Å². The van der Waals surface area contributed by atoms with Crippen molar-refractivity contribution >= 4 is 35.0 Å². The average molecular weight is 402 g/mol. The Morgan fingerprint density at radius 3 is 2.67 bits per heavy atom. The standard InChI is InChI=1S/C19H20ClN5OS/c1-12(2)14-7-9-15(10-8-14)25-19(22-23-24-25)27-11-18(26)21-17-6-4-5-16(20)13(17)3/h4-10,12H,11H2,1-3H3,(H,21,26). The molecule has 0 radical (unpaired) electrons. The number of nitrogens with one attached hydrogen (secondary N) is 1. The van der Waals surface area contributed by atoms with Crippen molar-refractivity contribution in [3.63, 3.8) is 0 Å². The van der Waals surface area contributed by atoms with Gasteiger partial charge in [-0.3, -0.25) is 4.79 Å². The number of halogens is 1. The van der Waals surface area contributed by atoms with Gasteiger partial charge in [0.15, 0.2) is 0 Å². The van der Waals surface area contributed by atoms with Crippen molar-refractivity contribution in [2.45, 2.75) is 31.8 Å². The molecule has 3 rings (SSSR count). The molecular weight excluding hydrogens is 382 g/mol. The highest BCUT2D eigenvalue weighted by atomic mass is 35.5. The molecule has 0 atom stereocenters. The molecule has 0 bridgehead atoms. The normalized spacial score (nSPS) is 11.0. The quantitative estimate of drug-likeness (QED) is 0.616. The van der Waals surface area contributed by atoms with Gasteiger partial charge in [0.05, 0.1) is 11.4 Å². The Kier molecular flexibility index (Phi) is 6.13. The zero-order valence-corrected chi connectivity index (χ0v) is 16.9. The third-order valence-electron chi connectivity index (χ3n) is 4.12. The molecule has 0 aliphatic rings. The lowest BCUT2D eigenvalue weighted by Gasteiger charge is -2.10. The molecule has 140 valence electrons. The average Bonchev–Trinajstić information content (AvgIpc) is 3.12. The number of anilines is 1. The van der Waals surface area contributed by atoms with Gasteiger partial charge in [0.2, 0.25) is 11.1 Å². The van der Waals surface area contributed by atoms with Crippen molar-refractivity contribution in [1.82, 2.24) is 20.2 Å². The molecule has 8 heteroatoms. The maximum absolute atomic E-state index is 12.3. The van der Waals surface area contributed by atoms with E-state index in [0.717, 1.165) is 11.3 Å². The second-order valence-corrected chi connectivity index (χ2v) is 7.72. The third kappa shape index (κ3) is 4.67. The van der Waals surface area contributed by atoms with Gasteiger partial charge in [-0.2, -0.15) is 4.68 Å². The van der Waals surface area contributed by atoms with Gasteiger partial charge in [0.25, 0.3) is 0 Å². The molecule has 27 heavy (non-hydrogen) atoms. The second-order valence-electron chi connectivity index (χ2n) is 6.37. The molecular formula is C19H20ClN5OS. The van der Waals surface area contributed by atoms with Crippen molar-refractivity contribution in [3.8, 4) is 5.69 Å². The summed E-state index contributed by atoms with van der Waals surface area (Å²) in [6.45, 7) is 6.16. The van der Waals surface area contributed by atoms with Gasteiger partial charge in [-0.25, -0.2) is 0 Å². The Morgan fingerprint density at radius 2 is 1.96 bits per heavy atom. The molecule has 0 unspecified atom stereocenters. The Bertz CT molecular complexity index is 940. The van der Waals surface area contributed by atoms with Crippen LogP contribution in [0.1, 0.15) is 30.9 Å². The fourth-order valence-corrected chi connectivity index (χ4v) is 3.36. The summed E-state index contributed by atoms with van der Waals surface area (Å²) in [4.78, 5) is 12.3. The van der Waals surface area contributed by atoms with E-state index >= 15 is 0 Å². The van der Waals surface area contributed by atoms with Crippen LogP contribution in [0.3, 0.4) is 0 Å². The second kappa shape index (κ2) is 8.54. The highest BCUT2D eigenvalue weighted by Crippen LogP contribution is 2.24. The van der Waals surface area contributed by atoms with Crippen molar-refractivity contribution < 1.29 is 4.79 Å². The SMILES string of the molecule is Cc1c(Cl)cccc1NC(=O)CSc1nnnn1-c1ccc(C(C)C)cc1. The summed E-state index contributed by atoms with van der Waals surface area (Å²) in [6, 6.07) is 13.5. The number of hydrogen-bond acceptors (Lipinski definition) is 5. The van der Waals surface area contributed by atoms with Crippen molar-refractivity contribution in [1.29, 1.82) is 0 Å². The minimum absolute atomic E-state index is 0.143. The van der Waals surface area contributed by atoms with Crippen LogP contribution in [0.5, 0.6) is 0 Å². The molecule has 0 saturated carbocycles. The Labute approximate surface area is 167 Å². The summed E-state index contributed by atoms with van der Waals surface area (Å²) in [5.74, 6) is 0.506. The summed E-state index contributed by atoms with van der Waals surface area (Å²) < 4.78 is 1.63. The van der Waals surface area contributed by atoms with E-state index in [2.05, 4.69) is 46.8 Å². The molecule has 2 aromatic carbocycles. The number of carbonyl (C=O) groups excluding carboxylic acids is 1. The lowest BCUT2D eigenvalue weighted by Crippen LogP contribution is -2.15. The number of aromatic nitrogens is 4. The molecule has 1 aromatic heterocycles. The third-order valence-corrected chi connectivity index (χ3v) is 5.45. The number of benzene rings is 2. The number of hydrogen-bond donors (Lipinski definition) is 1. The predicted octanol–water partition coefficient (Wildman–Crippen LogP) is 4.48. The van der Waals surface area contributed by atoms with Crippen LogP contribution in [0.4, 0.5) is 5.69 Å². The lowest BCUT2D eigenvalue weighted by molar-refractivity contribution is -0.113. The van der Waals surface area contributed by atoms with Crippen LogP contribution in [0.2, 0.25) is 5.02 Å². The van der Waals surface area contributed by atoms with Gasteiger partial charge in [0, 0.05) is 10.7 Å². The van der Waals surface area contributed by atoms with Crippen LogP contribution in [0.25, 0.3) is 5.69 Å². The smallest absolute Gasteiger partial charge is 0.234 e. The Hall–Kier alpha value is -2.38. The fourth-order valence-electron chi connectivity index (χ4n) is 2.49. The molecule has 3 aromatic rings. The van der Waals surface area contributed by atoms with Crippen molar-refractivity contribution in [2.24, 2.45) is 0 Å². The van der Waals surface area contributed by atoms with Crippen LogP contribution in [-0.2, 0) is 4.79 Å². The van der Waals surface area contributed by atoms with E-state index in [1.54, 1.807) is 16.8 Å². The first kappa shape index (κ1) is 19.4. The topological polar surface area (TPSA) is 72.7 Å². The summed E-state index contributed by atoms with van der Waals surface area (Å²) in [7, 11) is 0. The molecule has 0 aliphatic carbocycles. The fraction of sp³-hybridized carbons (Fsp3) is 0.263. The van der Waals surface area contributed by atoms with Crippen molar-refractivity contribution in [2.75, 3.05) is 11.1 Å². The molecule has 0 saturated heterocycles. The first-order chi connectivity index (χ1) is 13.0. The number of rotatable bonds is 6. The summed E-state index contributed by atoms with van der Waals surface area (Å²) in [5.41, 5.74) is 3.65. The number of carbonyl (C=O) groups is 1. The maximum atomic E-state index is 12.3. The van der Waals surface area contributed by atoms with Crippen LogP contribution >= 0.6 is 23.4 Å². The summed E-state index contributed by atoms with van der Waals surface area (Å²) in [5, 5.41) is 15.8. The van der Waals surface area contributed by atoms with E-state index < -0.39 is 0 Å². The molecule has 1 N–H and O–H groups in total. The van der Waals surface area contributed by atoms with Gasteiger partial charge < -0.3 is 5.32 Å². The Morgan fingerprint density at radius 1 is 1.22 bits per heavy atom. The van der Waals surface area contributed by atoms with E-state index in [0.29, 0.717) is 21.8 Å². The number of thioether (sulfide) groups is 1. The monoisotopic (exact) mass is 401 g/mol. The first-order valence-electron chi connectivity index (χ1n) is 8.52. The minimum Gasteiger partial charge on any atom is -0.325 e. The van der Waals surface area contributed by atoms with E-state index in [1.807, 2.05) is 25.1 Å². The van der Waals surface area contributed by atoms with Crippen LogP contribution in [0, 0.1) is 6.92 Å². The van der Waals surface area contributed by atoms with Crippen LogP contribution in [0.15, 0.2) is 47.6 Å². The first-order valence-corrected chi connectivity index (χ1v) is 9.88. The molecule has 1 amide bonds. The van der Waals surface area contributed by atoms with Gasteiger partial charge in [-0.05, 0) is 58.7 Å². The maximum Gasteiger partial charge on any atom is 0.234 e.